The number of hydrogen-bond donors (Lipinski definition) is 1. The Morgan fingerprint density at radius 2 is 1.57 bits per heavy atom. The maximum Gasteiger partial charge on any atom is 0.268 e. The largest absolute Gasteiger partial charge is 0.455 e. The van der Waals surface area contributed by atoms with Gasteiger partial charge >= 0.3 is 0 Å². The molecule has 0 saturated carbocycles. The van der Waals surface area contributed by atoms with Crippen LogP contribution in [0.4, 0.5) is 23.0 Å². The van der Waals surface area contributed by atoms with Crippen LogP contribution >= 0.6 is 23.2 Å². The molecule has 5 rings (SSSR count). The fourth-order valence-corrected chi connectivity index (χ4v) is 4.35. The lowest BCUT2D eigenvalue weighted by molar-refractivity contribution is 0.0932. The lowest BCUT2D eigenvalue weighted by Gasteiger charge is -2.29. The number of benzene rings is 3. The molecule has 0 bridgehead atoms. The number of carbonyl (C=O) groups excluding carboxylic acids is 1. The van der Waals surface area contributed by atoms with Crippen molar-refractivity contribution in [1.82, 2.24) is 9.97 Å². The van der Waals surface area contributed by atoms with Gasteiger partial charge in [-0.15, -0.1) is 0 Å². The lowest BCUT2D eigenvalue weighted by atomic mass is 10.0. The molecular formula is C26H21Cl2N5O2. The van der Waals surface area contributed by atoms with Crippen molar-refractivity contribution in [2.24, 2.45) is 0 Å². The molecule has 4 aromatic rings. The molecule has 2 heterocycles. The van der Waals surface area contributed by atoms with Crippen molar-refractivity contribution in [1.29, 1.82) is 0 Å². The number of nitrogens with one attached hydrogen (secondary N) is 1. The molecule has 0 spiro atoms. The molecule has 0 atom stereocenters. The van der Waals surface area contributed by atoms with Gasteiger partial charge in [-0.1, -0.05) is 53.5 Å². The van der Waals surface area contributed by atoms with Crippen molar-refractivity contribution in [2.75, 3.05) is 35.9 Å². The molecule has 0 unspecified atom stereocenters. The first-order chi connectivity index (χ1) is 16.9. The topological polar surface area (TPSA) is 70.6 Å². The van der Waals surface area contributed by atoms with Gasteiger partial charge in [-0.25, -0.2) is 4.98 Å². The third-order valence-corrected chi connectivity index (χ3v) is 6.24. The number of para-hydroxylation sites is 1. The molecule has 7 nitrogen and oxygen atoms in total. The van der Waals surface area contributed by atoms with E-state index in [-0.39, 0.29) is 24.1 Å². The number of amides is 1. The van der Waals surface area contributed by atoms with Crippen molar-refractivity contribution >= 4 is 52.1 Å². The molecule has 1 N–H and O–H groups in total. The fourth-order valence-electron chi connectivity index (χ4n) is 3.75. The number of hydrogen-bond acceptors (Lipinski definition) is 6. The van der Waals surface area contributed by atoms with Gasteiger partial charge < -0.3 is 15.0 Å². The minimum atomic E-state index is -0.336. The van der Waals surface area contributed by atoms with Crippen LogP contribution in [0.15, 0.2) is 72.9 Å². The van der Waals surface area contributed by atoms with Crippen LogP contribution in [0, 0.1) is 0 Å². The van der Waals surface area contributed by atoms with Crippen molar-refractivity contribution in [3.05, 3.63) is 88.5 Å². The van der Waals surface area contributed by atoms with Crippen molar-refractivity contribution in [2.45, 2.75) is 0 Å². The quantitative estimate of drug-likeness (QED) is 0.345. The van der Waals surface area contributed by atoms with Gasteiger partial charge in [0.15, 0.2) is 6.73 Å². The second kappa shape index (κ2) is 9.44. The summed E-state index contributed by atoms with van der Waals surface area (Å²) in [7, 11) is 4.04. The molecule has 0 aliphatic carbocycles. The molecule has 1 amide bonds. The van der Waals surface area contributed by atoms with Gasteiger partial charge in [-0.3, -0.25) is 9.69 Å². The molecule has 9 heteroatoms. The van der Waals surface area contributed by atoms with Gasteiger partial charge in [0, 0.05) is 31.7 Å². The Kier molecular flexibility index (Phi) is 6.19. The fraction of sp³-hybridized carbons (Fsp3) is 0.115. The van der Waals surface area contributed by atoms with Gasteiger partial charge in [0.25, 0.3) is 5.91 Å². The van der Waals surface area contributed by atoms with E-state index in [4.69, 9.17) is 27.9 Å². The number of fused-ring (bicyclic) bond motifs is 1. The molecular weight excluding hydrogens is 485 g/mol. The number of aromatic nitrogens is 2. The summed E-state index contributed by atoms with van der Waals surface area (Å²) in [5.41, 5.74) is 4.81. The third kappa shape index (κ3) is 4.60. The van der Waals surface area contributed by atoms with Crippen LogP contribution in [0.3, 0.4) is 0 Å². The summed E-state index contributed by atoms with van der Waals surface area (Å²) in [4.78, 5) is 25.2. The van der Waals surface area contributed by atoms with Crippen LogP contribution in [0.5, 0.6) is 5.88 Å². The second-order valence-corrected chi connectivity index (χ2v) is 8.95. The minimum absolute atomic E-state index is 0.0625. The average Bonchev–Trinajstić information content (AvgIpc) is 2.86. The highest BCUT2D eigenvalue weighted by atomic mass is 35.5. The van der Waals surface area contributed by atoms with E-state index in [0.29, 0.717) is 21.7 Å². The third-order valence-electron chi connectivity index (χ3n) is 5.63. The van der Waals surface area contributed by atoms with E-state index in [2.05, 4.69) is 44.5 Å². The highest BCUT2D eigenvalue weighted by Crippen LogP contribution is 2.37. The standard InChI is InChI=1S/C26H21Cl2N5O2/c1-32(2)19-12-8-17(9-13-19)16-6-10-18(11-7-16)30-26-29-14-20-24(31-26)35-15-33(25(20)34)23-21(27)4-3-5-22(23)28/h3-14H,15H2,1-2H3,(H,29,30,31). The van der Waals surface area contributed by atoms with E-state index in [0.717, 1.165) is 22.5 Å². The lowest BCUT2D eigenvalue weighted by Crippen LogP contribution is -2.39. The molecule has 0 saturated heterocycles. The molecule has 0 fully saturated rings. The molecule has 3 aromatic carbocycles. The molecule has 1 aliphatic rings. The number of rotatable bonds is 5. The zero-order valence-corrected chi connectivity index (χ0v) is 20.5. The Bertz CT molecular complexity index is 1370. The summed E-state index contributed by atoms with van der Waals surface area (Å²) in [5.74, 6) is 0.186. The van der Waals surface area contributed by atoms with Gasteiger partial charge in [0.1, 0.15) is 5.56 Å². The van der Waals surface area contributed by atoms with E-state index in [9.17, 15) is 4.79 Å². The highest BCUT2D eigenvalue weighted by molar-refractivity contribution is 6.40. The number of anilines is 4. The monoisotopic (exact) mass is 505 g/mol. The van der Waals surface area contributed by atoms with Crippen LogP contribution < -0.4 is 19.9 Å². The Morgan fingerprint density at radius 1 is 0.943 bits per heavy atom. The van der Waals surface area contributed by atoms with Crippen LogP contribution in [-0.2, 0) is 0 Å². The smallest absolute Gasteiger partial charge is 0.268 e. The zero-order chi connectivity index (χ0) is 24.5. The predicted molar refractivity (Wildman–Crippen MR) is 140 cm³/mol. The van der Waals surface area contributed by atoms with E-state index in [1.54, 1.807) is 18.2 Å². The van der Waals surface area contributed by atoms with E-state index in [1.165, 1.54) is 11.1 Å². The number of ether oxygens (including phenoxy) is 1. The van der Waals surface area contributed by atoms with Gasteiger partial charge in [0.05, 0.1) is 15.7 Å². The van der Waals surface area contributed by atoms with Crippen molar-refractivity contribution in [3.63, 3.8) is 0 Å². The summed E-state index contributed by atoms with van der Waals surface area (Å²) >= 11 is 12.5. The number of carbonyl (C=O) groups is 1. The van der Waals surface area contributed by atoms with Gasteiger partial charge in [-0.2, -0.15) is 4.98 Å². The first-order valence-electron chi connectivity index (χ1n) is 10.8. The predicted octanol–water partition coefficient (Wildman–Crippen LogP) is 6.26. The van der Waals surface area contributed by atoms with E-state index >= 15 is 0 Å². The van der Waals surface area contributed by atoms with Gasteiger partial charge in [0.2, 0.25) is 11.8 Å². The summed E-state index contributed by atoms with van der Waals surface area (Å²) < 4.78 is 5.75. The average molecular weight is 506 g/mol. The van der Waals surface area contributed by atoms with Gasteiger partial charge in [-0.05, 0) is 47.5 Å². The summed E-state index contributed by atoms with van der Waals surface area (Å²) in [6, 6.07) is 21.4. The number of nitrogens with zero attached hydrogens (tertiary/aromatic N) is 4. The van der Waals surface area contributed by atoms with Crippen LogP contribution in [0.2, 0.25) is 10.0 Å². The van der Waals surface area contributed by atoms with Crippen LogP contribution in [-0.4, -0.2) is 36.7 Å². The first kappa shape index (κ1) is 23.0. The van der Waals surface area contributed by atoms with Crippen molar-refractivity contribution < 1.29 is 9.53 Å². The molecule has 0 radical (unpaired) electrons. The Hall–Kier alpha value is -3.81. The molecule has 176 valence electrons. The Morgan fingerprint density at radius 3 is 2.20 bits per heavy atom. The highest BCUT2D eigenvalue weighted by Gasteiger charge is 2.31. The summed E-state index contributed by atoms with van der Waals surface area (Å²) in [5, 5.41) is 3.87. The maximum absolute atomic E-state index is 13.0. The Balaban J connectivity index is 1.32. The minimum Gasteiger partial charge on any atom is -0.455 e. The Labute approximate surface area is 212 Å². The zero-order valence-electron chi connectivity index (χ0n) is 19.0. The summed E-state index contributed by atoms with van der Waals surface area (Å²) in [6.45, 7) is -0.0625. The van der Waals surface area contributed by atoms with Crippen molar-refractivity contribution in [3.8, 4) is 17.0 Å². The molecule has 35 heavy (non-hydrogen) atoms. The van der Waals surface area contributed by atoms with Crippen LogP contribution in [0.25, 0.3) is 11.1 Å². The second-order valence-electron chi connectivity index (χ2n) is 8.13. The molecule has 1 aliphatic heterocycles. The van der Waals surface area contributed by atoms with E-state index < -0.39 is 0 Å². The van der Waals surface area contributed by atoms with E-state index in [1.807, 2.05) is 38.4 Å². The summed E-state index contributed by atoms with van der Waals surface area (Å²) in [6.07, 6.45) is 1.44. The maximum atomic E-state index is 13.0. The molecule has 1 aromatic heterocycles. The number of halogens is 2. The normalized spacial score (nSPS) is 12.7. The van der Waals surface area contributed by atoms with Crippen LogP contribution in [0.1, 0.15) is 10.4 Å². The first-order valence-corrected chi connectivity index (χ1v) is 11.6. The SMILES string of the molecule is CN(C)c1ccc(-c2ccc(Nc3ncc4c(n3)OCN(c3c(Cl)cccc3Cl)C4=O)cc2)cc1.